The van der Waals surface area contributed by atoms with Crippen molar-refractivity contribution in [3.8, 4) is 5.75 Å². The topological polar surface area (TPSA) is 9.23 Å². The number of rotatable bonds is 3. The highest BCUT2D eigenvalue weighted by molar-refractivity contribution is 6.32. The predicted molar refractivity (Wildman–Crippen MR) is 64.1 cm³/mol. The molecule has 1 aromatic rings. The van der Waals surface area contributed by atoms with E-state index in [9.17, 15) is 4.39 Å². The average Bonchev–Trinajstić information content (AvgIpc) is 2.18. The van der Waals surface area contributed by atoms with Gasteiger partial charge in [-0.2, -0.15) is 0 Å². The molecule has 1 fully saturated rings. The Bertz CT molecular complexity index is 372. The van der Waals surface area contributed by atoms with E-state index >= 15 is 0 Å². The molecule has 1 aromatic carbocycles. The number of benzene rings is 1. The smallest absolute Gasteiger partial charge is 0.138 e. The molecule has 0 aliphatic heterocycles. The lowest BCUT2D eigenvalue weighted by atomic mass is 9.93. The first-order valence-corrected chi connectivity index (χ1v) is 6.04. The Morgan fingerprint density at radius 2 is 2.06 bits per heavy atom. The summed E-state index contributed by atoms with van der Waals surface area (Å²) in [6.07, 6.45) is 0.279. The molecule has 0 atom stereocenters. The molecule has 0 unspecified atom stereocenters. The van der Waals surface area contributed by atoms with Crippen LogP contribution < -0.4 is 4.74 Å². The molecule has 0 spiro atoms. The fourth-order valence-electron chi connectivity index (χ4n) is 1.75. The number of halogens is 2. The first-order chi connectivity index (χ1) is 7.56. The van der Waals surface area contributed by atoms with Gasteiger partial charge >= 0.3 is 0 Å². The van der Waals surface area contributed by atoms with Crippen LogP contribution in [0.5, 0.6) is 5.75 Å². The first kappa shape index (κ1) is 11.7. The minimum Gasteiger partial charge on any atom is -0.489 e. The molecule has 88 valence electrons. The fraction of sp³-hybridized carbons (Fsp3) is 0.538. The van der Waals surface area contributed by atoms with Gasteiger partial charge in [0.2, 0.25) is 0 Å². The lowest BCUT2D eigenvalue weighted by molar-refractivity contribution is 0.0410. The Hall–Kier alpha value is -0.760. The largest absolute Gasteiger partial charge is 0.489 e. The van der Waals surface area contributed by atoms with Gasteiger partial charge in [-0.05, 0) is 23.6 Å². The summed E-state index contributed by atoms with van der Waals surface area (Å²) >= 11 is 6.12. The van der Waals surface area contributed by atoms with Crippen molar-refractivity contribution < 1.29 is 9.13 Å². The number of hydrogen-bond acceptors (Lipinski definition) is 1. The van der Waals surface area contributed by atoms with Crippen LogP contribution in [-0.2, 0) is 0 Å². The zero-order valence-electron chi connectivity index (χ0n) is 9.54. The molecule has 3 heteroatoms. The van der Waals surface area contributed by atoms with Gasteiger partial charge in [0.25, 0.3) is 0 Å². The van der Waals surface area contributed by atoms with Crippen LogP contribution in [0.15, 0.2) is 18.2 Å². The Morgan fingerprint density at radius 1 is 1.38 bits per heavy atom. The number of hydrogen-bond donors (Lipinski definition) is 0. The molecular weight excluding hydrogens is 227 g/mol. The lowest BCUT2D eigenvalue weighted by Gasteiger charge is -2.30. The van der Waals surface area contributed by atoms with Gasteiger partial charge in [0.15, 0.2) is 0 Å². The second-order valence-corrected chi connectivity index (χ2v) is 5.06. The van der Waals surface area contributed by atoms with Crippen LogP contribution in [0.3, 0.4) is 0 Å². The van der Waals surface area contributed by atoms with Crippen LogP contribution in [0.1, 0.15) is 38.2 Å². The maximum absolute atomic E-state index is 12.6. The van der Waals surface area contributed by atoms with Crippen molar-refractivity contribution in [1.82, 2.24) is 0 Å². The highest BCUT2D eigenvalue weighted by Crippen LogP contribution is 2.33. The summed E-state index contributed by atoms with van der Waals surface area (Å²) in [5.41, 5.74) is 1.19. The summed E-state index contributed by atoms with van der Waals surface area (Å²) in [7, 11) is 0. The minimum atomic E-state index is -0.696. The van der Waals surface area contributed by atoms with E-state index in [1.807, 2.05) is 18.2 Å². The third-order valence-corrected chi connectivity index (χ3v) is 3.25. The van der Waals surface area contributed by atoms with Crippen molar-refractivity contribution >= 4 is 11.6 Å². The van der Waals surface area contributed by atoms with Gasteiger partial charge in [-0.25, -0.2) is 4.39 Å². The quantitative estimate of drug-likeness (QED) is 0.766. The third kappa shape index (κ3) is 2.49. The molecule has 1 nitrogen and oxygen atoms in total. The number of alkyl halides is 1. The molecule has 0 saturated heterocycles. The van der Waals surface area contributed by atoms with Crippen molar-refractivity contribution in [2.75, 3.05) is 0 Å². The highest BCUT2D eigenvalue weighted by atomic mass is 35.5. The summed E-state index contributed by atoms with van der Waals surface area (Å²) in [5.74, 6) is 1.12. The average molecular weight is 243 g/mol. The highest BCUT2D eigenvalue weighted by Gasteiger charge is 2.31. The van der Waals surface area contributed by atoms with Crippen molar-refractivity contribution in [2.24, 2.45) is 0 Å². The zero-order chi connectivity index (χ0) is 11.7. The Balaban J connectivity index is 2.05. The van der Waals surface area contributed by atoms with Crippen LogP contribution in [-0.4, -0.2) is 12.3 Å². The summed E-state index contributed by atoms with van der Waals surface area (Å²) in [6, 6.07) is 5.81. The van der Waals surface area contributed by atoms with Crippen LogP contribution in [0, 0.1) is 0 Å². The second kappa shape index (κ2) is 4.62. The normalized spacial score (nSPS) is 24.3. The Kier molecular flexibility index (Phi) is 3.38. The van der Waals surface area contributed by atoms with E-state index in [1.165, 1.54) is 5.56 Å². The molecule has 0 heterocycles. The van der Waals surface area contributed by atoms with Gasteiger partial charge < -0.3 is 4.74 Å². The lowest BCUT2D eigenvalue weighted by Crippen LogP contribution is -2.34. The third-order valence-electron chi connectivity index (χ3n) is 2.95. The standard InChI is InChI=1S/C13H16ClFO/c1-8(2)9-3-4-13(12(14)5-9)16-11-6-10(15)7-11/h3-5,8,10-11H,6-7H2,1-2H3. The van der Waals surface area contributed by atoms with E-state index in [1.54, 1.807) is 0 Å². The molecule has 1 aliphatic rings. The van der Waals surface area contributed by atoms with E-state index in [4.69, 9.17) is 16.3 Å². The molecular formula is C13H16ClFO. The summed E-state index contributed by atoms with van der Waals surface area (Å²) in [5, 5.41) is 0.619. The van der Waals surface area contributed by atoms with Crippen LogP contribution in [0.4, 0.5) is 4.39 Å². The van der Waals surface area contributed by atoms with E-state index < -0.39 is 6.17 Å². The van der Waals surface area contributed by atoms with Crippen molar-refractivity contribution in [1.29, 1.82) is 0 Å². The molecule has 0 radical (unpaired) electrons. The van der Waals surface area contributed by atoms with Gasteiger partial charge in [-0.3, -0.25) is 0 Å². The van der Waals surface area contributed by atoms with Crippen LogP contribution in [0.2, 0.25) is 5.02 Å². The zero-order valence-corrected chi connectivity index (χ0v) is 10.3. The fourth-order valence-corrected chi connectivity index (χ4v) is 1.98. The summed E-state index contributed by atoms with van der Waals surface area (Å²) < 4.78 is 18.2. The van der Waals surface area contributed by atoms with Crippen molar-refractivity contribution in [3.05, 3.63) is 28.8 Å². The van der Waals surface area contributed by atoms with Crippen molar-refractivity contribution in [2.45, 2.75) is 44.9 Å². The van der Waals surface area contributed by atoms with Crippen molar-refractivity contribution in [3.63, 3.8) is 0 Å². The molecule has 0 N–H and O–H groups in total. The molecule has 0 bridgehead atoms. The van der Waals surface area contributed by atoms with Gasteiger partial charge in [0, 0.05) is 12.8 Å². The van der Waals surface area contributed by atoms with E-state index in [0.717, 1.165) is 0 Å². The minimum absolute atomic E-state index is 0.00241. The molecule has 1 aliphatic carbocycles. The molecule has 16 heavy (non-hydrogen) atoms. The molecule has 0 amide bonds. The van der Waals surface area contributed by atoms with Crippen LogP contribution >= 0.6 is 11.6 Å². The van der Waals surface area contributed by atoms with Crippen LogP contribution in [0.25, 0.3) is 0 Å². The predicted octanol–water partition coefficient (Wildman–Crippen LogP) is 4.34. The van der Waals surface area contributed by atoms with E-state index in [-0.39, 0.29) is 6.10 Å². The van der Waals surface area contributed by atoms with Gasteiger partial charge in [0.1, 0.15) is 18.0 Å². The van der Waals surface area contributed by atoms with Gasteiger partial charge in [-0.15, -0.1) is 0 Å². The second-order valence-electron chi connectivity index (χ2n) is 4.65. The molecule has 1 saturated carbocycles. The van der Waals surface area contributed by atoms with Gasteiger partial charge in [0.05, 0.1) is 5.02 Å². The summed E-state index contributed by atoms with van der Waals surface area (Å²) in [6.45, 7) is 4.23. The van der Waals surface area contributed by atoms with E-state index in [0.29, 0.717) is 29.5 Å². The maximum Gasteiger partial charge on any atom is 0.138 e. The van der Waals surface area contributed by atoms with E-state index in [2.05, 4.69) is 13.8 Å². The summed E-state index contributed by atoms with van der Waals surface area (Å²) in [4.78, 5) is 0. The first-order valence-electron chi connectivity index (χ1n) is 5.66. The molecule has 2 rings (SSSR count). The van der Waals surface area contributed by atoms with Gasteiger partial charge in [-0.1, -0.05) is 31.5 Å². The maximum atomic E-state index is 12.6. The Labute approximate surface area is 101 Å². The number of ether oxygens (including phenoxy) is 1. The SMILES string of the molecule is CC(C)c1ccc(OC2CC(F)C2)c(Cl)c1. The molecule has 0 aromatic heterocycles. The Morgan fingerprint density at radius 3 is 2.56 bits per heavy atom. The monoisotopic (exact) mass is 242 g/mol.